The number of carboxylic acid groups (broad SMARTS) is 1. The van der Waals surface area contributed by atoms with Crippen molar-refractivity contribution in [1.82, 2.24) is 4.90 Å². The zero-order chi connectivity index (χ0) is 11.5. The van der Waals surface area contributed by atoms with Crippen molar-refractivity contribution in [3.8, 4) is 0 Å². The number of alkyl halides is 3. The number of rotatable bonds is 4. The molecule has 0 aromatic carbocycles. The lowest BCUT2D eigenvalue weighted by Gasteiger charge is -2.31. The Hall–Kier alpha value is -0.780. The van der Waals surface area contributed by atoms with Gasteiger partial charge in [-0.05, 0) is 20.4 Å². The second kappa shape index (κ2) is 4.63. The van der Waals surface area contributed by atoms with Gasteiger partial charge in [-0.3, -0.25) is 9.69 Å². The van der Waals surface area contributed by atoms with E-state index in [-0.39, 0.29) is 6.42 Å². The highest BCUT2D eigenvalue weighted by molar-refractivity contribution is 5.72. The van der Waals surface area contributed by atoms with Gasteiger partial charge in [0.2, 0.25) is 0 Å². The summed E-state index contributed by atoms with van der Waals surface area (Å²) in [6.45, 7) is 2.61. The number of nitrogens with zero attached hydrogens (tertiary/aromatic N) is 1. The van der Waals surface area contributed by atoms with Gasteiger partial charge in [-0.2, -0.15) is 13.2 Å². The van der Waals surface area contributed by atoms with Gasteiger partial charge in [0, 0.05) is 0 Å². The molecule has 0 heterocycles. The number of likely N-dealkylation sites (N-methyl/N-ethyl adjacent to an activating group) is 1. The summed E-state index contributed by atoms with van der Waals surface area (Å²) in [4.78, 5) is 11.3. The number of aliphatic carboxylic acids is 1. The summed E-state index contributed by atoms with van der Waals surface area (Å²) in [6, 6.07) is -2.84. The van der Waals surface area contributed by atoms with Crippen LogP contribution < -0.4 is 0 Å². The van der Waals surface area contributed by atoms with E-state index < -0.39 is 24.2 Å². The molecule has 1 N–H and O–H groups in total. The van der Waals surface area contributed by atoms with Crippen LogP contribution in [0, 0.1) is 0 Å². The van der Waals surface area contributed by atoms with Crippen LogP contribution in [0.5, 0.6) is 0 Å². The molecule has 0 aromatic rings. The maximum Gasteiger partial charge on any atom is 0.404 e. The summed E-state index contributed by atoms with van der Waals surface area (Å²) in [7, 11) is 1.17. The summed E-state index contributed by atoms with van der Waals surface area (Å²) >= 11 is 0. The first-order valence-electron chi connectivity index (χ1n) is 4.23. The number of hydrogen-bond donors (Lipinski definition) is 1. The SMILES string of the molecule is CCC(N(C)[C@@H](C)C(=O)O)C(F)(F)F. The second-order valence-electron chi connectivity index (χ2n) is 3.15. The smallest absolute Gasteiger partial charge is 0.404 e. The van der Waals surface area contributed by atoms with Gasteiger partial charge >= 0.3 is 12.1 Å². The molecule has 0 saturated heterocycles. The van der Waals surface area contributed by atoms with Gasteiger partial charge in [-0.15, -0.1) is 0 Å². The first-order chi connectivity index (χ1) is 6.21. The highest BCUT2D eigenvalue weighted by atomic mass is 19.4. The quantitative estimate of drug-likeness (QED) is 0.773. The lowest BCUT2D eigenvalue weighted by atomic mass is 10.1. The molecular formula is C8H14F3NO2. The molecule has 3 nitrogen and oxygen atoms in total. The summed E-state index contributed by atoms with van der Waals surface area (Å²) in [6.07, 6.45) is -4.54. The molecule has 0 aliphatic rings. The molecule has 6 heteroatoms. The zero-order valence-corrected chi connectivity index (χ0v) is 8.30. The maximum atomic E-state index is 12.4. The van der Waals surface area contributed by atoms with Crippen LogP contribution in [-0.4, -0.2) is 41.3 Å². The molecule has 0 radical (unpaired) electrons. The Balaban J connectivity index is 4.62. The Labute approximate surface area is 80.5 Å². The minimum atomic E-state index is -4.38. The fraction of sp³-hybridized carbons (Fsp3) is 0.875. The highest BCUT2D eigenvalue weighted by Crippen LogP contribution is 2.27. The van der Waals surface area contributed by atoms with Crippen molar-refractivity contribution in [1.29, 1.82) is 0 Å². The molecule has 2 atom stereocenters. The molecular weight excluding hydrogens is 199 g/mol. The van der Waals surface area contributed by atoms with E-state index in [0.29, 0.717) is 0 Å². The van der Waals surface area contributed by atoms with Crippen LogP contribution in [0.2, 0.25) is 0 Å². The average molecular weight is 213 g/mol. The van der Waals surface area contributed by atoms with Gasteiger partial charge in [-0.1, -0.05) is 6.92 Å². The Bertz CT molecular complexity index is 205. The molecule has 14 heavy (non-hydrogen) atoms. The largest absolute Gasteiger partial charge is 0.480 e. The Morgan fingerprint density at radius 2 is 1.93 bits per heavy atom. The van der Waals surface area contributed by atoms with Crippen molar-refractivity contribution >= 4 is 5.97 Å². The number of hydrogen-bond acceptors (Lipinski definition) is 2. The third-order valence-electron chi connectivity index (χ3n) is 2.22. The van der Waals surface area contributed by atoms with Crippen molar-refractivity contribution in [2.45, 2.75) is 38.5 Å². The molecule has 1 unspecified atom stereocenters. The standard InChI is InChI=1S/C8H14F3NO2/c1-4-6(8(9,10)11)12(3)5(2)7(13)14/h5-6H,4H2,1-3H3,(H,13,14)/t5-,6?/m0/s1. The van der Waals surface area contributed by atoms with E-state index in [4.69, 9.17) is 5.11 Å². The first kappa shape index (κ1) is 13.2. The predicted molar refractivity (Wildman–Crippen MR) is 45.0 cm³/mol. The average Bonchev–Trinajstić information content (AvgIpc) is 2.01. The monoisotopic (exact) mass is 213 g/mol. The van der Waals surface area contributed by atoms with Crippen molar-refractivity contribution in [2.75, 3.05) is 7.05 Å². The minimum Gasteiger partial charge on any atom is -0.480 e. The number of carbonyl (C=O) groups is 1. The molecule has 0 bridgehead atoms. The van der Waals surface area contributed by atoms with E-state index >= 15 is 0 Å². The van der Waals surface area contributed by atoms with Gasteiger partial charge < -0.3 is 5.11 Å². The van der Waals surface area contributed by atoms with Gasteiger partial charge in [0.15, 0.2) is 0 Å². The van der Waals surface area contributed by atoms with Gasteiger partial charge in [0.25, 0.3) is 0 Å². The van der Waals surface area contributed by atoms with E-state index in [1.807, 2.05) is 0 Å². The lowest BCUT2D eigenvalue weighted by Crippen LogP contribution is -2.49. The number of carboxylic acids is 1. The van der Waals surface area contributed by atoms with Crippen LogP contribution in [0.1, 0.15) is 20.3 Å². The van der Waals surface area contributed by atoms with Crippen LogP contribution in [0.3, 0.4) is 0 Å². The van der Waals surface area contributed by atoms with Crippen molar-refractivity contribution in [3.05, 3.63) is 0 Å². The van der Waals surface area contributed by atoms with Crippen LogP contribution in [0.25, 0.3) is 0 Å². The molecule has 0 aromatic heterocycles. The van der Waals surface area contributed by atoms with Crippen LogP contribution in [-0.2, 0) is 4.79 Å². The van der Waals surface area contributed by atoms with Crippen molar-refractivity contribution < 1.29 is 23.1 Å². The molecule has 0 fully saturated rings. The van der Waals surface area contributed by atoms with E-state index in [1.165, 1.54) is 20.9 Å². The highest BCUT2D eigenvalue weighted by Gasteiger charge is 2.43. The zero-order valence-electron chi connectivity index (χ0n) is 8.30. The van der Waals surface area contributed by atoms with E-state index in [9.17, 15) is 18.0 Å². The second-order valence-corrected chi connectivity index (χ2v) is 3.15. The molecule has 0 rings (SSSR count). The summed E-state index contributed by atoms with van der Waals surface area (Å²) < 4.78 is 37.1. The summed E-state index contributed by atoms with van der Waals surface area (Å²) in [5, 5.41) is 8.55. The predicted octanol–water partition coefficient (Wildman–Crippen LogP) is 1.73. The molecule has 84 valence electrons. The Morgan fingerprint density at radius 3 is 2.14 bits per heavy atom. The van der Waals surface area contributed by atoms with E-state index in [0.717, 1.165) is 4.90 Å². The topological polar surface area (TPSA) is 40.5 Å². The molecule has 0 spiro atoms. The molecule has 0 saturated carbocycles. The van der Waals surface area contributed by atoms with Crippen LogP contribution in [0.15, 0.2) is 0 Å². The fourth-order valence-electron chi connectivity index (χ4n) is 1.19. The van der Waals surface area contributed by atoms with Crippen molar-refractivity contribution in [3.63, 3.8) is 0 Å². The maximum absolute atomic E-state index is 12.4. The third-order valence-corrected chi connectivity index (χ3v) is 2.22. The van der Waals surface area contributed by atoms with Crippen LogP contribution in [0.4, 0.5) is 13.2 Å². The van der Waals surface area contributed by atoms with Crippen LogP contribution >= 0.6 is 0 Å². The molecule has 0 aliphatic carbocycles. The van der Waals surface area contributed by atoms with Gasteiger partial charge in [-0.25, -0.2) is 0 Å². The summed E-state index contributed by atoms with van der Waals surface area (Å²) in [5.41, 5.74) is 0. The number of halogens is 3. The third kappa shape index (κ3) is 3.17. The van der Waals surface area contributed by atoms with E-state index in [2.05, 4.69) is 0 Å². The molecule has 0 aliphatic heterocycles. The Kier molecular flexibility index (Phi) is 4.38. The lowest BCUT2D eigenvalue weighted by molar-refractivity contribution is -0.188. The minimum absolute atomic E-state index is 0.155. The first-order valence-corrected chi connectivity index (χ1v) is 4.23. The molecule has 0 amide bonds. The van der Waals surface area contributed by atoms with Crippen molar-refractivity contribution in [2.24, 2.45) is 0 Å². The normalized spacial score (nSPS) is 16.8. The summed E-state index contributed by atoms with van der Waals surface area (Å²) in [5.74, 6) is -1.25. The van der Waals surface area contributed by atoms with Gasteiger partial charge in [0.05, 0.1) is 0 Å². The van der Waals surface area contributed by atoms with E-state index in [1.54, 1.807) is 0 Å². The fourth-order valence-corrected chi connectivity index (χ4v) is 1.19. The van der Waals surface area contributed by atoms with Gasteiger partial charge in [0.1, 0.15) is 12.1 Å². The Morgan fingerprint density at radius 1 is 1.50 bits per heavy atom.